The fourth-order valence-corrected chi connectivity index (χ4v) is 1.73. The maximum Gasteiger partial charge on any atom is 0.277 e. The Morgan fingerprint density at radius 2 is 1.56 bits per heavy atom. The smallest absolute Gasteiger partial charge is 0.277 e. The average molecular weight is 256 g/mol. The third-order valence-corrected chi connectivity index (χ3v) is 3.71. The predicted molar refractivity (Wildman–Crippen MR) is 54.2 cm³/mol. The Morgan fingerprint density at radius 3 is 1.88 bits per heavy atom. The fourth-order valence-electron chi connectivity index (χ4n) is 0.938. The van der Waals surface area contributed by atoms with Gasteiger partial charge < -0.3 is 20.4 Å². The van der Waals surface area contributed by atoms with Crippen molar-refractivity contribution in [2.45, 2.75) is 38.3 Å². The van der Waals surface area contributed by atoms with Crippen LogP contribution in [0, 0.1) is 0 Å². The number of carbonyl (C=O) groups is 1. The molecule has 0 aromatic carbocycles. The lowest BCUT2D eigenvalue weighted by atomic mass is 10.1. The van der Waals surface area contributed by atoms with E-state index in [2.05, 4.69) is 0 Å². The van der Waals surface area contributed by atoms with Crippen molar-refractivity contribution in [1.82, 2.24) is 0 Å². The summed E-state index contributed by atoms with van der Waals surface area (Å²) in [5.74, 6) is -0.514. The van der Waals surface area contributed by atoms with Gasteiger partial charge in [-0.1, -0.05) is 6.92 Å². The van der Waals surface area contributed by atoms with Gasteiger partial charge in [-0.3, -0.25) is 4.79 Å². The van der Waals surface area contributed by atoms with Crippen molar-refractivity contribution in [3.8, 4) is 0 Å². The highest BCUT2D eigenvalue weighted by atomic mass is 32.2. The minimum atomic E-state index is -4.14. The summed E-state index contributed by atoms with van der Waals surface area (Å²) >= 11 is 0. The van der Waals surface area contributed by atoms with Gasteiger partial charge in [0.15, 0.2) is 6.10 Å². The van der Waals surface area contributed by atoms with E-state index in [1.807, 2.05) is 0 Å². The highest BCUT2D eigenvalue weighted by molar-refractivity contribution is 8.06. The monoisotopic (exact) mass is 256 g/mol. The van der Waals surface area contributed by atoms with Crippen LogP contribution in [-0.4, -0.2) is 64.1 Å². The Balaban J connectivity index is 4.82. The third kappa shape index (κ3) is 3.49. The number of aliphatic hydroxyl groups excluding tert-OH is 4. The second-order valence-corrected chi connectivity index (χ2v) is 5.60. The van der Waals surface area contributed by atoms with E-state index in [0.717, 1.165) is 6.92 Å². The molecule has 7 nitrogen and oxygen atoms in total. The van der Waals surface area contributed by atoms with Gasteiger partial charge in [-0.15, -0.1) is 0 Å². The van der Waals surface area contributed by atoms with E-state index in [1.54, 1.807) is 0 Å². The van der Waals surface area contributed by atoms with E-state index in [9.17, 15) is 23.4 Å². The molecule has 0 bridgehead atoms. The molecule has 0 unspecified atom stereocenters. The van der Waals surface area contributed by atoms with Gasteiger partial charge in [-0.25, -0.2) is 8.42 Å². The second kappa shape index (κ2) is 5.69. The number of hydrogen-bond donors (Lipinski definition) is 4. The lowest BCUT2D eigenvalue weighted by molar-refractivity contribution is -0.136. The largest absolute Gasteiger partial charge is 0.391 e. The molecule has 8 heteroatoms. The first kappa shape index (κ1) is 15.5. The Hall–Kier alpha value is -0.540. The van der Waals surface area contributed by atoms with Crippen LogP contribution >= 0.6 is 0 Å². The number of carbonyl (C=O) groups excluding carboxylic acids is 1. The molecule has 0 aromatic heterocycles. The van der Waals surface area contributed by atoms with Crippen molar-refractivity contribution in [2.75, 3.05) is 5.75 Å². The predicted octanol–water partition coefficient (Wildman–Crippen LogP) is -2.59. The quantitative estimate of drug-likeness (QED) is 0.424. The molecule has 0 radical (unpaired) electrons. The average Bonchev–Trinajstić information content (AvgIpc) is 2.24. The van der Waals surface area contributed by atoms with E-state index in [1.165, 1.54) is 6.92 Å². The topological polar surface area (TPSA) is 132 Å². The van der Waals surface area contributed by atoms with Crippen LogP contribution in [0.25, 0.3) is 0 Å². The summed E-state index contributed by atoms with van der Waals surface area (Å²) in [5.41, 5.74) is 0. The molecule has 0 aliphatic carbocycles. The van der Waals surface area contributed by atoms with Crippen molar-refractivity contribution in [2.24, 2.45) is 0 Å². The Labute approximate surface area is 93.3 Å². The van der Waals surface area contributed by atoms with Gasteiger partial charge in [-0.05, 0) is 6.92 Å². The minimum absolute atomic E-state index is 0.514. The number of aliphatic hydroxyl groups is 4. The first-order chi connectivity index (χ1) is 7.15. The molecule has 0 amide bonds. The van der Waals surface area contributed by atoms with Crippen LogP contribution in [0.2, 0.25) is 0 Å². The van der Waals surface area contributed by atoms with E-state index in [4.69, 9.17) is 10.2 Å². The lowest BCUT2D eigenvalue weighted by Gasteiger charge is -2.23. The van der Waals surface area contributed by atoms with Crippen molar-refractivity contribution in [3.05, 3.63) is 0 Å². The van der Waals surface area contributed by atoms with Crippen LogP contribution in [0.15, 0.2) is 0 Å². The van der Waals surface area contributed by atoms with Crippen molar-refractivity contribution in [3.63, 3.8) is 0 Å². The van der Waals surface area contributed by atoms with Crippen LogP contribution in [0.5, 0.6) is 0 Å². The summed E-state index contributed by atoms with van der Waals surface area (Å²) in [6, 6.07) is 0. The Bertz CT molecular complexity index is 334. The number of sulfone groups is 1. The van der Waals surface area contributed by atoms with Gasteiger partial charge >= 0.3 is 0 Å². The number of rotatable bonds is 5. The molecular formula is C8H16O7S. The standard InChI is InChI=1S/C8H16O7S/c1-3-16(14,15)8(13)7(12)6(11)5(10)4(2)9/h4-7,9-12H,3H2,1-2H3/t4-,5-,6+,7+/m0/s1. The Kier molecular flexibility index (Phi) is 5.50. The maximum absolute atomic E-state index is 11.2. The van der Waals surface area contributed by atoms with Gasteiger partial charge in [0.05, 0.1) is 11.9 Å². The maximum atomic E-state index is 11.2. The third-order valence-electron chi connectivity index (χ3n) is 2.10. The van der Waals surface area contributed by atoms with Gasteiger partial charge in [0, 0.05) is 0 Å². The van der Waals surface area contributed by atoms with Crippen LogP contribution in [0.3, 0.4) is 0 Å². The van der Waals surface area contributed by atoms with E-state index < -0.39 is 45.1 Å². The van der Waals surface area contributed by atoms with Crippen molar-refractivity contribution >= 4 is 15.0 Å². The van der Waals surface area contributed by atoms with Crippen molar-refractivity contribution in [1.29, 1.82) is 0 Å². The molecule has 0 aliphatic heterocycles. The normalized spacial score (nSPS) is 19.9. The zero-order chi connectivity index (χ0) is 13.1. The van der Waals surface area contributed by atoms with Crippen LogP contribution < -0.4 is 0 Å². The molecule has 4 N–H and O–H groups in total. The summed E-state index contributed by atoms with van der Waals surface area (Å²) in [7, 11) is -4.14. The zero-order valence-electron chi connectivity index (χ0n) is 8.94. The van der Waals surface area contributed by atoms with Gasteiger partial charge in [0.2, 0.25) is 9.84 Å². The summed E-state index contributed by atoms with van der Waals surface area (Å²) in [4.78, 5) is 11.2. The summed E-state index contributed by atoms with van der Waals surface area (Å²) < 4.78 is 22.1. The first-order valence-electron chi connectivity index (χ1n) is 4.64. The molecule has 0 aliphatic rings. The lowest BCUT2D eigenvalue weighted by Crippen LogP contribution is -2.48. The molecule has 16 heavy (non-hydrogen) atoms. The summed E-state index contributed by atoms with van der Waals surface area (Å²) in [6.45, 7) is 2.33. The highest BCUT2D eigenvalue weighted by Gasteiger charge is 2.37. The fraction of sp³-hybridized carbons (Fsp3) is 0.875. The second-order valence-electron chi connectivity index (χ2n) is 3.39. The molecule has 0 spiro atoms. The molecule has 0 aromatic rings. The molecular weight excluding hydrogens is 240 g/mol. The molecule has 0 rings (SSSR count). The van der Waals surface area contributed by atoms with Gasteiger partial charge in [0.1, 0.15) is 12.2 Å². The zero-order valence-corrected chi connectivity index (χ0v) is 9.75. The van der Waals surface area contributed by atoms with Gasteiger partial charge in [0.25, 0.3) is 5.12 Å². The van der Waals surface area contributed by atoms with Crippen molar-refractivity contribution < 1.29 is 33.6 Å². The molecule has 0 saturated heterocycles. The highest BCUT2D eigenvalue weighted by Crippen LogP contribution is 2.09. The van der Waals surface area contributed by atoms with E-state index in [0.29, 0.717) is 0 Å². The minimum Gasteiger partial charge on any atom is -0.391 e. The molecule has 96 valence electrons. The molecule has 4 atom stereocenters. The summed E-state index contributed by atoms with van der Waals surface area (Å²) in [6.07, 6.45) is -7.52. The van der Waals surface area contributed by atoms with E-state index in [-0.39, 0.29) is 0 Å². The Morgan fingerprint density at radius 1 is 1.12 bits per heavy atom. The van der Waals surface area contributed by atoms with Crippen LogP contribution in [0.4, 0.5) is 0 Å². The first-order valence-corrected chi connectivity index (χ1v) is 6.29. The van der Waals surface area contributed by atoms with E-state index >= 15 is 0 Å². The van der Waals surface area contributed by atoms with Gasteiger partial charge in [-0.2, -0.15) is 0 Å². The molecule has 0 heterocycles. The van der Waals surface area contributed by atoms with Crippen LogP contribution in [0.1, 0.15) is 13.8 Å². The summed E-state index contributed by atoms with van der Waals surface area (Å²) in [5, 5.41) is 34.9. The molecule has 0 saturated carbocycles. The van der Waals surface area contributed by atoms with Crippen LogP contribution in [-0.2, 0) is 14.6 Å². The molecule has 0 fully saturated rings. The SMILES string of the molecule is CCS(=O)(=O)C(=O)[C@H](O)[C@H](O)[C@@H](O)[C@H](C)O. The number of hydrogen-bond acceptors (Lipinski definition) is 7.